The Morgan fingerprint density at radius 1 is 1.00 bits per heavy atom. The highest BCUT2D eigenvalue weighted by atomic mass is 16.6. The maximum absolute atomic E-state index is 11.6. The molecule has 9 heteroatoms. The minimum atomic E-state index is -1.23. The third-order valence-corrected chi connectivity index (χ3v) is 4.37. The number of aliphatic hydroxyl groups is 1. The summed E-state index contributed by atoms with van der Waals surface area (Å²) in [6, 6.07) is 4.90. The summed E-state index contributed by atoms with van der Waals surface area (Å²) >= 11 is 0. The molecule has 0 aliphatic heterocycles. The lowest BCUT2D eigenvalue weighted by molar-refractivity contribution is -0.165. The number of carbonyl (C=O) groups is 3. The molecule has 35 heavy (non-hydrogen) atoms. The Hall–Kier alpha value is -2.81. The van der Waals surface area contributed by atoms with Gasteiger partial charge in [0.15, 0.2) is 6.23 Å². The van der Waals surface area contributed by atoms with Crippen LogP contribution in [0.4, 0.5) is 4.79 Å². The van der Waals surface area contributed by atoms with E-state index >= 15 is 0 Å². The number of nitrogens with one attached hydrogen (secondary N) is 1. The molecule has 0 aromatic heterocycles. The predicted octanol–water partition coefficient (Wildman–Crippen LogP) is 5.15. The lowest BCUT2D eigenvalue weighted by Gasteiger charge is -2.22. The van der Waals surface area contributed by atoms with Crippen molar-refractivity contribution in [1.29, 1.82) is 0 Å². The van der Waals surface area contributed by atoms with Gasteiger partial charge < -0.3 is 24.1 Å². The van der Waals surface area contributed by atoms with E-state index < -0.39 is 35.3 Å². The first kappa shape index (κ1) is 32.2. The zero-order chi connectivity index (χ0) is 27.4. The van der Waals surface area contributed by atoms with E-state index in [0.717, 1.165) is 12.8 Å². The van der Waals surface area contributed by atoms with Crippen LogP contribution in [-0.2, 0) is 19.1 Å². The van der Waals surface area contributed by atoms with Crippen LogP contribution in [-0.4, -0.2) is 43.0 Å². The van der Waals surface area contributed by atoms with Gasteiger partial charge in [0.1, 0.15) is 17.1 Å². The second kappa shape index (κ2) is 14.6. The Labute approximate surface area is 209 Å². The second-order valence-electron chi connectivity index (χ2n) is 10.5. The zero-order valence-electron chi connectivity index (χ0n) is 22.8. The molecule has 0 radical (unpaired) electrons. The highest BCUT2D eigenvalue weighted by Crippen LogP contribution is 2.28. The van der Waals surface area contributed by atoms with Gasteiger partial charge in [0, 0.05) is 18.1 Å². The lowest BCUT2D eigenvalue weighted by Crippen LogP contribution is -2.35. The molecule has 0 aliphatic rings. The number of benzene rings is 1. The van der Waals surface area contributed by atoms with Crippen LogP contribution >= 0.6 is 0 Å². The summed E-state index contributed by atoms with van der Waals surface area (Å²) in [5, 5.41) is 12.4. The number of alkyl carbamates (subject to hydrolysis) is 1. The molecule has 1 rings (SSSR count). The number of esters is 2. The monoisotopic (exact) mass is 497 g/mol. The summed E-state index contributed by atoms with van der Waals surface area (Å²) in [7, 11) is 3.00. The molecule has 0 spiro atoms. The van der Waals surface area contributed by atoms with Crippen LogP contribution in [0.2, 0.25) is 0 Å². The van der Waals surface area contributed by atoms with Crippen molar-refractivity contribution >= 4 is 18.0 Å². The van der Waals surface area contributed by atoms with Crippen molar-refractivity contribution in [2.24, 2.45) is 11.3 Å². The largest absolute Gasteiger partial charge is 0.497 e. The van der Waals surface area contributed by atoms with Crippen LogP contribution in [0.5, 0.6) is 11.5 Å². The first-order valence-corrected chi connectivity index (χ1v) is 11.6. The van der Waals surface area contributed by atoms with E-state index in [1.54, 1.807) is 59.7 Å². The van der Waals surface area contributed by atoms with Gasteiger partial charge in [-0.2, -0.15) is 0 Å². The van der Waals surface area contributed by atoms with Crippen LogP contribution in [0.15, 0.2) is 18.2 Å². The number of rotatable bonds is 8. The molecule has 200 valence electrons. The molecular formula is C26H43NO8. The van der Waals surface area contributed by atoms with E-state index in [1.807, 2.05) is 0 Å². The standard InChI is InChI=1S/C14H21NO5.C12H22O3/c1-14(2,3)20-13(17)15-12(16)10-7-6-9(18-4)8-11(10)19-5;1-9(2)7-6-8-10(13)15-11(14)12(3,4)5/h6-8,12,16H,1-5H3,(H,15,17);9H,6-8H2,1-5H3. The summed E-state index contributed by atoms with van der Waals surface area (Å²) in [5.41, 5.74) is -0.819. The van der Waals surface area contributed by atoms with Crippen LogP contribution in [0.3, 0.4) is 0 Å². The Balaban J connectivity index is 0.000000691. The number of hydrogen-bond donors (Lipinski definition) is 2. The fourth-order valence-electron chi connectivity index (χ4n) is 2.50. The summed E-state index contributed by atoms with van der Waals surface area (Å²) in [6.07, 6.45) is 0.167. The Bertz CT molecular complexity index is 822. The van der Waals surface area contributed by atoms with Crippen molar-refractivity contribution in [2.75, 3.05) is 14.2 Å². The zero-order valence-corrected chi connectivity index (χ0v) is 22.8. The summed E-state index contributed by atoms with van der Waals surface area (Å²) in [4.78, 5) is 34.2. The maximum atomic E-state index is 11.6. The summed E-state index contributed by atoms with van der Waals surface area (Å²) in [5.74, 6) is 0.728. The Kier molecular flexibility index (Phi) is 13.4. The first-order chi connectivity index (χ1) is 16.0. The van der Waals surface area contributed by atoms with Crippen LogP contribution in [0.25, 0.3) is 0 Å². The van der Waals surface area contributed by atoms with Crippen molar-refractivity contribution in [3.8, 4) is 11.5 Å². The number of amides is 1. The normalized spacial score (nSPS) is 12.1. The average molecular weight is 498 g/mol. The van der Waals surface area contributed by atoms with Gasteiger partial charge in [-0.3, -0.25) is 14.9 Å². The second-order valence-corrected chi connectivity index (χ2v) is 10.5. The smallest absolute Gasteiger partial charge is 0.409 e. The molecule has 9 nitrogen and oxygen atoms in total. The van der Waals surface area contributed by atoms with E-state index in [9.17, 15) is 19.5 Å². The van der Waals surface area contributed by atoms with Gasteiger partial charge in [-0.05, 0) is 66.0 Å². The van der Waals surface area contributed by atoms with Crippen molar-refractivity contribution in [2.45, 2.75) is 86.5 Å². The quantitative estimate of drug-likeness (QED) is 0.287. The maximum Gasteiger partial charge on any atom is 0.409 e. The minimum Gasteiger partial charge on any atom is -0.497 e. The Morgan fingerprint density at radius 3 is 2.06 bits per heavy atom. The molecule has 1 aromatic rings. The van der Waals surface area contributed by atoms with Crippen molar-refractivity contribution in [3.05, 3.63) is 23.8 Å². The third-order valence-electron chi connectivity index (χ3n) is 4.37. The lowest BCUT2D eigenvalue weighted by atomic mass is 9.97. The minimum absolute atomic E-state index is 0.333. The van der Waals surface area contributed by atoms with Gasteiger partial charge in [-0.1, -0.05) is 20.3 Å². The molecular weight excluding hydrogens is 454 g/mol. The number of ether oxygens (including phenoxy) is 4. The van der Waals surface area contributed by atoms with E-state index in [0.29, 0.717) is 29.4 Å². The van der Waals surface area contributed by atoms with Gasteiger partial charge in [-0.25, -0.2) is 4.79 Å². The Morgan fingerprint density at radius 2 is 1.60 bits per heavy atom. The van der Waals surface area contributed by atoms with Crippen LogP contribution in [0, 0.1) is 11.3 Å². The van der Waals surface area contributed by atoms with E-state index in [-0.39, 0.29) is 0 Å². The number of methoxy groups -OCH3 is 2. The molecule has 0 saturated heterocycles. The molecule has 0 fully saturated rings. The van der Waals surface area contributed by atoms with Crippen molar-refractivity contribution < 1.29 is 38.4 Å². The van der Waals surface area contributed by atoms with Crippen LogP contribution < -0.4 is 14.8 Å². The summed E-state index contributed by atoms with van der Waals surface area (Å²) < 4.78 is 20.0. The SMILES string of the molecule is CC(C)CCCC(=O)OC(=O)C(C)(C)C.COc1ccc(C(O)NC(=O)OC(C)(C)C)c(OC)c1. The molecule has 1 aromatic carbocycles. The molecule has 1 amide bonds. The van der Waals surface area contributed by atoms with Gasteiger partial charge in [0.05, 0.1) is 19.6 Å². The van der Waals surface area contributed by atoms with Gasteiger partial charge >= 0.3 is 18.0 Å². The molecule has 0 heterocycles. The highest BCUT2D eigenvalue weighted by Gasteiger charge is 2.25. The van der Waals surface area contributed by atoms with E-state index in [2.05, 4.69) is 19.2 Å². The number of aliphatic hydroxyl groups excluding tert-OH is 1. The van der Waals surface area contributed by atoms with Gasteiger partial charge in [0.2, 0.25) is 0 Å². The molecule has 2 N–H and O–H groups in total. The van der Waals surface area contributed by atoms with Crippen molar-refractivity contribution in [3.63, 3.8) is 0 Å². The molecule has 1 atom stereocenters. The fraction of sp³-hybridized carbons (Fsp3) is 0.654. The first-order valence-electron chi connectivity index (χ1n) is 11.6. The highest BCUT2D eigenvalue weighted by molar-refractivity contribution is 5.88. The topological polar surface area (TPSA) is 120 Å². The molecule has 0 aliphatic carbocycles. The third kappa shape index (κ3) is 14.2. The number of hydrogen-bond acceptors (Lipinski definition) is 8. The number of carbonyl (C=O) groups excluding carboxylic acids is 3. The molecule has 0 bridgehead atoms. The van der Waals surface area contributed by atoms with Crippen molar-refractivity contribution in [1.82, 2.24) is 5.32 Å². The summed E-state index contributed by atoms with van der Waals surface area (Å²) in [6.45, 7) is 14.6. The predicted molar refractivity (Wildman–Crippen MR) is 133 cm³/mol. The van der Waals surface area contributed by atoms with E-state index in [4.69, 9.17) is 18.9 Å². The van der Waals surface area contributed by atoms with E-state index in [1.165, 1.54) is 14.2 Å². The average Bonchev–Trinajstić information content (AvgIpc) is 2.71. The fourth-order valence-corrected chi connectivity index (χ4v) is 2.50. The van der Waals surface area contributed by atoms with Gasteiger partial charge in [-0.15, -0.1) is 0 Å². The molecule has 0 saturated carbocycles. The van der Waals surface area contributed by atoms with Crippen LogP contribution in [0.1, 0.15) is 86.4 Å². The molecule has 1 unspecified atom stereocenters. The van der Waals surface area contributed by atoms with Gasteiger partial charge in [0.25, 0.3) is 0 Å².